The van der Waals surface area contributed by atoms with Crippen molar-refractivity contribution in [1.29, 1.82) is 0 Å². The summed E-state index contributed by atoms with van der Waals surface area (Å²) in [7, 11) is 0. The number of thiophene rings is 1. The summed E-state index contributed by atoms with van der Waals surface area (Å²) < 4.78 is 0. The summed E-state index contributed by atoms with van der Waals surface area (Å²) in [6.07, 6.45) is 2.86. The van der Waals surface area contributed by atoms with E-state index in [1.54, 1.807) is 6.92 Å². The van der Waals surface area contributed by atoms with Crippen LogP contribution in [0.25, 0.3) is 0 Å². The van der Waals surface area contributed by atoms with E-state index >= 15 is 0 Å². The van der Waals surface area contributed by atoms with E-state index in [0.29, 0.717) is 11.8 Å². The molecule has 0 atom stereocenters. The zero-order valence-electron chi connectivity index (χ0n) is 11.1. The lowest BCUT2D eigenvalue weighted by Gasteiger charge is -2.25. The maximum atomic E-state index is 10.9. The number of hydrogen-bond acceptors (Lipinski definition) is 3. The monoisotopic (exact) mass is 253 g/mol. The summed E-state index contributed by atoms with van der Waals surface area (Å²) in [4.78, 5) is 14.8. The third kappa shape index (κ3) is 5.99. The van der Waals surface area contributed by atoms with E-state index in [9.17, 15) is 4.79 Å². The van der Waals surface area contributed by atoms with Crippen molar-refractivity contribution in [2.75, 3.05) is 6.54 Å². The minimum Gasteiger partial charge on any atom is -0.300 e. The first-order chi connectivity index (χ1) is 8.09. The van der Waals surface area contributed by atoms with Crippen molar-refractivity contribution in [3.63, 3.8) is 0 Å². The number of carbonyl (C=O) groups is 1. The highest BCUT2D eigenvalue weighted by molar-refractivity contribution is 7.09. The lowest BCUT2D eigenvalue weighted by molar-refractivity contribution is -0.117. The summed E-state index contributed by atoms with van der Waals surface area (Å²) >= 11 is 1.82. The van der Waals surface area contributed by atoms with Crippen LogP contribution in [0.3, 0.4) is 0 Å². The Morgan fingerprint density at radius 2 is 2.18 bits per heavy atom. The number of nitrogens with zero attached hydrogens (tertiary/aromatic N) is 1. The van der Waals surface area contributed by atoms with Gasteiger partial charge in [0, 0.05) is 23.9 Å². The largest absolute Gasteiger partial charge is 0.300 e. The van der Waals surface area contributed by atoms with Gasteiger partial charge in [0.25, 0.3) is 0 Å². The Hall–Kier alpha value is -0.670. The highest BCUT2D eigenvalue weighted by atomic mass is 32.1. The number of unbranched alkanes of at least 4 members (excludes halogenated alkanes) is 1. The minimum absolute atomic E-state index is 0.305. The molecule has 17 heavy (non-hydrogen) atoms. The van der Waals surface area contributed by atoms with Gasteiger partial charge in [-0.15, -0.1) is 11.3 Å². The lowest BCUT2D eigenvalue weighted by atomic mass is 10.1. The standard InChI is InChI=1S/C14H23NOS/c1-12(2)15(9-5-4-7-13(3)16)11-14-8-6-10-17-14/h6,8,10,12H,4-5,7,9,11H2,1-3H3. The molecule has 0 unspecified atom stereocenters. The Kier molecular flexibility index (Phi) is 6.45. The van der Waals surface area contributed by atoms with Crippen LogP contribution in [0.4, 0.5) is 0 Å². The normalized spacial score (nSPS) is 11.4. The molecule has 0 saturated heterocycles. The van der Waals surface area contributed by atoms with Crippen LogP contribution in [0.5, 0.6) is 0 Å². The summed E-state index contributed by atoms with van der Waals surface area (Å²) in [5.41, 5.74) is 0. The molecule has 0 aliphatic heterocycles. The fourth-order valence-corrected chi connectivity index (χ4v) is 2.54. The predicted molar refractivity (Wildman–Crippen MR) is 74.4 cm³/mol. The molecule has 1 aromatic heterocycles. The molecule has 1 rings (SSSR count). The Morgan fingerprint density at radius 3 is 2.71 bits per heavy atom. The first-order valence-corrected chi connectivity index (χ1v) is 7.23. The SMILES string of the molecule is CC(=O)CCCCN(Cc1cccs1)C(C)C. The number of rotatable bonds is 8. The van der Waals surface area contributed by atoms with Gasteiger partial charge in [-0.2, -0.15) is 0 Å². The summed E-state index contributed by atoms with van der Waals surface area (Å²) in [6, 6.07) is 4.86. The topological polar surface area (TPSA) is 20.3 Å². The van der Waals surface area contributed by atoms with Crippen LogP contribution in [0, 0.1) is 0 Å². The van der Waals surface area contributed by atoms with Gasteiger partial charge in [-0.25, -0.2) is 0 Å². The van der Waals surface area contributed by atoms with Crippen molar-refractivity contribution in [3.8, 4) is 0 Å². The number of hydrogen-bond donors (Lipinski definition) is 0. The second-order valence-electron chi connectivity index (χ2n) is 4.80. The third-order valence-electron chi connectivity index (χ3n) is 2.89. The molecule has 96 valence electrons. The van der Waals surface area contributed by atoms with Crippen LogP contribution < -0.4 is 0 Å². The molecule has 0 radical (unpaired) electrons. The van der Waals surface area contributed by atoms with Crippen molar-refractivity contribution in [2.24, 2.45) is 0 Å². The fraction of sp³-hybridized carbons (Fsp3) is 0.643. The van der Waals surface area contributed by atoms with Crippen LogP contribution in [-0.2, 0) is 11.3 Å². The van der Waals surface area contributed by atoms with Gasteiger partial charge in [-0.1, -0.05) is 6.07 Å². The van der Waals surface area contributed by atoms with Gasteiger partial charge >= 0.3 is 0 Å². The zero-order valence-corrected chi connectivity index (χ0v) is 11.9. The maximum Gasteiger partial charge on any atom is 0.129 e. The number of carbonyl (C=O) groups excluding carboxylic acids is 1. The third-order valence-corrected chi connectivity index (χ3v) is 3.75. The lowest BCUT2D eigenvalue weighted by Crippen LogP contribution is -2.31. The minimum atomic E-state index is 0.305. The van der Waals surface area contributed by atoms with Crippen LogP contribution in [0.15, 0.2) is 17.5 Å². The Morgan fingerprint density at radius 1 is 1.41 bits per heavy atom. The van der Waals surface area contributed by atoms with Gasteiger partial charge in [0.05, 0.1) is 0 Å². The molecule has 0 aromatic carbocycles. The summed E-state index contributed by atoms with van der Waals surface area (Å²) in [5, 5.41) is 2.13. The van der Waals surface area contributed by atoms with Crippen molar-refractivity contribution < 1.29 is 4.79 Å². The summed E-state index contributed by atoms with van der Waals surface area (Å²) in [6.45, 7) is 8.27. The molecule has 0 spiro atoms. The van der Waals surface area contributed by atoms with Crippen LogP contribution in [0.2, 0.25) is 0 Å². The van der Waals surface area contributed by atoms with E-state index in [1.807, 2.05) is 11.3 Å². The van der Waals surface area contributed by atoms with Gasteiger partial charge in [-0.3, -0.25) is 4.90 Å². The van der Waals surface area contributed by atoms with E-state index in [0.717, 1.165) is 32.4 Å². The first kappa shape index (κ1) is 14.4. The highest BCUT2D eigenvalue weighted by Crippen LogP contribution is 2.14. The molecule has 0 N–H and O–H groups in total. The Bertz CT molecular complexity index is 319. The second kappa shape index (κ2) is 7.62. The van der Waals surface area contributed by atoms with Gasteiger partial charge in [0.1, 0.15) is 5.78 Å². The maximum absolute atomic E-state index is 10.9. The Labute approximate surface area is 109 Å². The molecular weight excluding hydrogens is 230 g/mol. The molecule has 0 amide bonds. The first-order valence-electron chi connectivity index (χ1n) is 6.35. The smallest absolute Gasteiger partial charge is 0.129 e. The van der Waals surface area contributed by atoms with Gasteiger partial charge in [0.15, 0.2) is 0 Å². The quantitative estimate of drug-likeness (QED) is 0.658. The van der Waals surface area contributed by atoms with Gasteiger partial charge in [0.2, 0.25) is 0 Å². The van der Waals surface area contributed by atoms with Crippen molar-refractivity contribution >= 4 is 17.1 Å². The predicted octanol–water partition coefficient (Wildman–Crippen LogP) is 3.72. The van der Waals surface area contributed by atoms with Gasteiger partial charge < -0.3 is 4.79 Å². The van der Waals surface area contributed by atoms with E-state index in [2.05, 4.69) is 36.3 Å². The molecule has 1 heterocycles. The average molecular weight is 253 g/mol. The van der Waals surface area contributed by atoms with Gasteiger partial charge in [-0.05, 0) is 51.6 Å². The molecule has 0 aliphatic carbocycles. The molecule has 3 heteroatoms. The molecule has 1 aromatic rings. The fourth-order valence-electron chi connectivity index (χ4n) is 1.81. The molecule has 0 aliphatic rings. The van der Waals surface area contributed by atoms with Crippen LogP contribution in [-0.4, -0.2) is 23.3 Å². The highest BCUT2D eigenvalue weighted by Gasteiger charge is 2.10. The Balaban J connectivity index is 2.31. The van der Waals surface area contributed by atoms with E-state index in [4.69, 9.17) is 0 Å². The van der Waals surface area contributed by atoms with Crippen molar-refractivity contribution in [2.45, 2.75) is 52.6 Å². The van der Waals surface area contributed by atoms with Crippen LogP contribution in [0.1, 0.15) is 44.9 Å². The van der Waals surface area contributed by atoms with Crippen molar-refractivity contribution in [1.82, 2.24) is 4.90 Å². The van der Waals surface area contributed by atoms with Crippen LogP contribution >= 0.6 is 11.3 Å². The van der Waals surface area contributed by atoms with E-state index in [1.165, 1.54) is 4.88 Å². The summed E-state index contributed by atoms with van der Waals surface area (Å²) in [5.74, 6) is 0.305. The van der Waals surface area contributed by atoms with Crippen molar-refractivity contribution in [3.05, 3.63) is 22.4 Å². The molecule has 2 nitrogen and oxygen atoms in total. The average Bonchev–Trinajstić information content (AvgIpc) is 2.74. The second-order valence-corrected chi connectivity index (χ2v) is 5.83. The molecule has 0 fully saturated rings. The molecule has 0 saturated carbocycles. The number of Topliss-reactive ketones (excluding diaryl/α,β-unsaturated/α-hetero) is 1. The molecule has 0 bridgehead atoms. The van der Waals surface area contributed by atoms with E-state index < -0.39 is 0 Å². The molecular formula is C14H23NOS. The van der Waals surface area contributed by atoms with E-state index in [-0.39, 0.29) is 0 Å². The number of ketones is 1. The zero-order chi connectivity index (χ0) is 12.7.